The van der Waals surface area contributed by atoms with Crippen LogP contribution in [0.5, 0.6) is 0 Å². The van der Waals surface area contributed by atoms with E-state index in [1.165, 1.54) is 0 Å². The van der Waals surface area contributed by atoms with Crippen LogP contribution in [0.15, 0.2) is 30.5 Å². The van der Waals surface area contributed by atoms with E-state index in [-0.39, 0.29) is 0 Å². The van der Waals surface area contributed by atoms with E-state index in [2.05, 4.69) is 9.97 Å². The molecule has 0 radical (unpaired) electrons. The fourth-order valence-electron chi connectivity index (χ4n) is 2.71. The van der Waals surface area contributed by atoms with Gasteiger partial charge < -0.3 is 10.0 Å². The molecule has 2 heterocycles. The number of nitrogens with zero attached hydrogens (tertiary/aromatic N) is 3. The van der Waals surface area contributed by atoms with E-state index in [0.29, 0.717) is 13.0 Å². The van der Waals surface area contributed by atoms with Crippen molar-refractivity contribution in [1.82, 2.24) is 9.97 Å². The third kappa shape index (κ3) is 2.19. The molecule has 1 aliphatic rings. The summed E-state index contributed by atoms with van der Waals surface area (Å²) in [4.78, 5) is 22.4. The van der Waals surface area contributed by atoms with Crippen molar-refractivity contribution < 1.29 is 9.90 Å². The van der Waals surface area contributed by atoms with Gasteiger partial charge in [0.1, 0.15) is 5.82 Å². The minimum Gasteiger partial charge on any atom is -0.481 e. The van der Waals surface area contributed by atoms with E-state index in [0.717, 1.165) is 29.8 Å². The average molecular weight is 271 g/mol. The molecule has 0 amide bonds. The van der Waals surface area contributed by atoms with Crippen LogP contribution in [0.4, 0.5) is 5.82 Å². The van der Waals surface area contributed by atoms with E-state index in [9.17, 15) is 9.90 Å². The Morgan fingerprint density at radius 2 is 2.10 bits per heavy atom. The number of benzene rings is 1. The number of aromatic nitrogens is 2. The number of fused-ring (bicyclic) bond motifs is 1. The highest BCUT2D eigenvalue weighted by atomic mass is 16.4. The van der Waals surface area contributed by atoms with Crippen molar-refractivity contribution >= 4 is 22.8 Å². The van der Waals surface area contributed by atoms with Crippen LogP contribution in [0.2, 0.25) is 0 Å². The van der Waals surface area contributed by atoms with Gasteiger partial charge in [0.15, 0.2) is 0 Å². The van der Waals surface area contributed by atoms with Crippen molar-refractivity contribution in [2.75, 3.05) is 18.0 Å². The molecule has 0 bridgehead atoms. The summed E-state index contributed by atoms with van der Waals surface area (Å²) >= 11 is 0. The van der Waals surface area contributed by atoms with Crippen LogP contribution in [0.3, 0.4) is 0 Å². The van der Waals surface area contributed by atoms with Gasteiger partial charge in [-0.2, -0.15) is 0 Å². The molecule has 20 heavy (non-hydrogen) atoms. The zero-order chi connectivity index (χ0) is 14.2. The second-order valence-corrected chi connectivity index (χ2v) is 5.61. The number of para-hydroxylation sites is 2. The summed E-state index contributed by atoms with van der Waals surface area (Å²) in [5.41, 5.74) is 0.993. The molecule has 1 N–H and O–H groups in total. The quantitative estimate of drug-likeness (QED) is 0.908. The number of piperidine rings is 1. The molecule has 5 nitrogen and oxygen atoms in total. The van der Waals surface area contributed by atoms with E-state index in [1.54, 1.807) is 13.1 Å². The second-order valence-electron chi connectivity index (χ2n) is 5.61. The first kappa shape index (κ1) is 12.8. The predicted molar refractivity (Wildman–Crippen MR) is 76.7 cm³/mol. The van der Waals surface area contributed by atoms with Crippen molar-refractivity contribution in [2.24, 2.45) is 5.41 Å². The van der Waals surface area contributed by atoms with Gasteiger partial charge >= 0.3 is 5.97 Å². The second kappa shape index (κ2) is 4.74. The lowest BCUT2D eigenvalue weighted by atomic mass is 9.82. The summed E-state index contributed by atoms with van der Waals surface area (Å²) in [5, 5.41) is 9.37. The molecular weight excluding hydrogens is 254 g/mol. The van der Waals surface area contributed by atoms with Crippen LogP contribution in [-0.4, -0.2) is 34.1 Å². The highest BCUT2D eigenvalue weighted by Gasteiger charge is 2.38. The van der Waals surface area contributed by atoms with Gasteiger partial charge in [0.2, 0.25) is 0 Å². The first-order valence-corrected chi connectivity index (χ1v) is 6.79. The maximum absolute atomic E-state index is 11.4. The molecule has 104 valence electrons. The molecule has 1 fully saturated rings. The van der Waals surface area contributed by atoms with Crippen LogP contribution >= 0.6 is 0 Å². The number of anilines is 1. The lowest BCUT2D eigenvalue weighted by Crippen LogP contribution is -2.46. The largest absolute Gasteiger partial charge is 0.481 e. The average Bonchev–Trinajstić information content (AvgIpc) is 2.46. The molecule has 1 aromatic heterocycles. The topological polar surface area (TPSA) is 66.3 Å². The number of hydrogen-bond donors (Lipinski definition) is 1. The maximum atomic E-state index is 11.4. The van der Waals surface area contributed by atoms with Crippen molar-refractivity contribution in [2.45, 2.75) is 19.8 Å². The molecular formula is C15H17N3O2. The summed E-state index contributed by atoms with van der Waals surface area (Å²) in [6.07, 6.45) is 3.30. The normalized spacial score (nSPS) is 22.9. The van der Waals surface area contributed by atoms with Crippen molar-refractivity contribution in [3.63, 3.8) is 0 Å². The highest BCUT2D eigenvalue weighted by Crippen LogP contribution is 2.32. The Kier molecular flexibility index (Phi) is 3.04. The smallest absolute Gasteiger partial charge is 0.311 e. The fraction of sp³-hybridized carbons (Fsp3) is 0.400. The monoisotopic (exact) mass is 271 g/mol. The Morgan fingerprint density at radius 3 is 2.85 bits per heavy atom. The molecule has 3 rings (SSSR count). The number of carboxylic acids is 1. The van der Waals surface area contributed by atoms with Crippen LogP contribution in [0.1, 0.15) is 19.8 Å². The van der Waals surface area contributed by atoms with Gasteiger partial charge in [0.25, 0.3) is 0 Å². The minimum absolute atomic E-state index is 0.482. The van der Waals surface area contributed by atoms with Gasteiger partial charge in [-0.25, -0.2) is 4.98 Å². The first-order chi connectivity index (χ1) is 9.58. The zero-order valence-corrected chi connectivity index (χ0v) is 11.4. The third-order valence-electron chi connectivity index (χ3n) is 3.97. The Balaban J connectivity index is 1.92. The molecule has 0 saturated carbocycles. The molecule has 1 atom stereocenters. The van der Waals surface area contributed by atoms with Gasteiger partial charge in [-0.05, 0) is 31.9 Å². The third-order valence-corrected chi connectivity index (χ3v) is 3.97. The minimum atomic E-state index is -0.740. The lowest BCUT2D eigenvalue weighted by Gasteiger charge is -2.38. The molecule has 2 aromatic rings. The van der Waals surface area contributed by atoms with E-state index < -0.39 is 11.4 Å². The number of aliphatic carboxylic acids is 1. The summed E-state index contributed by atoms with van der Waals surface area (Å²) in [6.45, 7) is 3.11. The Hall–Kier alpha value is -2.17. The first-order valence-electron chi connectivity index (χ1n) is 6.79. The van der Waals surface area contributed by atoms with Gasteiger partial charge in [-0.1, -0.05) is 12.1 Å². The summed E-state index contributed by atoms with van der Waals surface area (Å²) in [7, 11) is 0. The molecule has 0 aliphatic carbocycles. The number of carbonyl (C=O) groups is 1. The Bertz CT molecular complexity index is 658. The van der Waals surface area contributed by atoms with Gasteiger partial charge in [0.05, 0.1) is 22.6 Å². The molecule has 1 saturated heterocycles. The van der Waals surface area contributed by atoms with E-state index >= 15 is 0 Å². The Labute approximate surface area is 117 Å². The summed E-state index contributed by atoms with van der Waals surface area (Å²) in [5.74, 6) is 0.0202. The van der Waals surface area contributed by atoms with E-state index in [1.807, 2.05) is 29.2 Å². The molecule has 0 spiro atoms. The van der Waals surface area contributed by atoms with Gasteiger partial charge in [0, 0.05) is 13.1 Å². The molecule has 1 aromatic carbocycles. The van der Waals surface area contributed by atoms with Gasteiger partial charge in [-0.15, -0.1) is 0 Å². The number of hydrogen-bond acceptors (Lipinski definition) is 4. The van der Waals surface area contributed by atoms with Crippen LogP contribution in [-0.2, 0) is 4.79 Å². The Morgan fingerprint density at radius 1 is 1.35 bits per heavy atom. The zero-order valence-electron chi connectivity index (χ0n) is 11.4. The highest BCUT2D eigenvalue weighted by molar-refractivity contribution is 5.77. The van der Waals surface area contributed by atoms with Crippen molar-refractivity contribution in [3.8, 4) is 0 Å². The van der Waals surface area contributed by atoms with Crippen molar-refractivity contribution in [1.29, 1.82) is 0 Å². The van der Waals surface area contributed by atoms with Crippen LogP contribution in [0, 0.1) is 5.41 Å². The van der Waals surface area contributed by atoms with E-state index in [4.69, 9.17) is 0 Å². The standard InChI is InChI=1S/C15H17N3O2/c1-15(14(19)20)7-4-8-18(10-15)13-9-16-11-5-2-3-6-12(11)17-13/h2-3,5-6,9H,4,7-8,10H2,1H3,(H,19,20). The lowest BCUT2D eigenvalue weighted by molar-refractivity contribution is -0.148. The fourth-order valence-corrected chi connectivity index (χ4v) is 2.71. The van der Waals surface area contributed by atoms with Gasteiger partial charge in [-0.3, -0.25) is 9.78 Å². The predicted octanol–water partition coefficient (Wildman–Crippen LogP) is 2.32. The summed E-state index contributed by atoms with van der Waals surface area (Å²) in [6, 6.07) is 7.70. The molecule has 1 aliphatic heterocycles. The number of rotatable bonds is 2. The molecule has 5 heteroatoms. The van der Waals surface area contributed by atoms with Crippen LogP contribution in [0.25, 0.3) is 11.0 Å². The SMILES string of the molecule is CC1(C(=O)O)CCCN(c2cnc3ccccc3n2)C1. The maximum Gasteiger partial charge on any atom is 0.311 e. The van der Waals surface area contributed by atoms with Crippen LogP contribution < -0.4 is 4.90 Å². The number of carboxylic acid groups (broad SMARTS) is 1. The van der Waals surface area contributed by atoms with Crippen molar-refractivity contribution in [3.05, 3.63) is 30.5 Å². The molecule has 1 unspecified atom stereocenters. The summed E-state index contributed by atoms with van der Waals surface area (Å²) < 4.78 is 0.